The van der Waals surface area contributed by atoms with Crippen molar-refractivity contribution in [3.63, 3.8) is 0 Å². The molecule has 0 bridgehead atoms. The first kappa shape index (κ1) is 16.1. The molecule has 2 aliphatic heterocycles. The van der Waals surface area contributed by atoms with Crippen LogP contribution in [0.4, 0.5) is 5.82 Å². The zero-order valence-corrected chi connectivity index (χ0v) is 14.9. The Labute approximate surface area is 143 Å². The van der Waals surface area contributed by atoms with Crippen molar-refractivity contribution in [2.75, 3.05) is 24.6 Å². The molecule has 0 spiro atoms. The van der Waals surface area contributed by atoms with E-state index in [2.05, 4.69) is 29.0 Å². The lowest BCUT2D eigenvalue weighted by Crippen LogP contribution is -2.68. The van der Waals surface area contributed by atoms with Gasteiger partial charge in [-0.05, 0) is 19.3 Å². The molecule has 0 amide bonds. The van der Waals surface area contributed by atoms with Crippen LogP contribution in [-0.2, 0) is 11.8 Å². The van der Waals surface area contributed by atoms with Gasteiger partial charge in [0.25, 0.3) is 5.56 Å². The standard InChI is InChI=1S/C18H28N4O2/c1-18(2)14(13-6-10-24-15(13)18)20-12-5-4-8-22(11-12)16-17(23)21(3)9-7-19-16/h7,9,12-15,20H,4-6,8,10-11H2,1-3H3/t12-,13+,14+,15+/m0/s1. The summed E-state index contributed by atoms with van der Waals surface area (Å²) in [6.07, 6.45) is 7.26. The molecule has 1 aliphatic carbocycles. The van der Waals surface area contributed by atoms with E-state index in [0.29, 0.717) is 29.9 Å². The van der Waals surface area contributed by atoms with Crippen molar-refractivity contribution in [3.8, 4) is 0 Å². The lowest BCUT2D eigenvalue weighted by Gasteiger charge is -2.56. The number of anilines is 1. The number of aromatic nitrogens is 2. The predicted octanol–water partition coefficient (Wildman–Crippen LogP) is 1.15. The van der Waals surface area contributed by atoms with Crippen molar-refractivity contribution in [1.29, 1.82) is 0 Å². The molecule has 24 heavy (non-hydrogen) atoms. The number of nitrogens with zero attached hydrogens (tertiary/aromatic N) is 3. The highest BCUT2D eigenvalue weighted by Gasteiger charge is 2.59. The Morgan fingerprint density at radius 3 is 3.04 bits per heavy atom. The van der Waals surface area contributed by atoms with E-state index < -0.39 is 0 Å². The maximum Gasteiger partial charge on any atom is 0.293 e. The van der Waals surface area contributed by atoms with Crippen molar-refractivity contribution in [3.05, 3.63) is 22.7 Å². The van der Waals surface area contributed by atoms with Gasteiger partial charge in [0.2, 0.25) is 0 Å². The van der Waals surface area contributed by atoms with Crippen molar-refractivity contribution < 1.29 is 4.74 Å². The van der Waals surface area contributed by atoms with Gasteiger partial charge < -0.3 is 19.5 Å². The smallest absolute Gasteiger partial charge is 0.293 e. The Morgan fingerprint density at radius 2 is 2.21 bits per heavy atom. The van der Waals surface area contributed by atoms with Crippen molar-refractivity contribution >= 4 is 5.82 Å². The Hall–Kier alpha value is -1.40. The molecule has 4 rings (SSSR count). The van der Waals surface area contributed by atoms with E-state index >= 15 is 0 Å². The topological polar surface area (TPSA) is 59.4 Å². The van der Waals surface area contributed by atoms with Gasteiger partial charge in [-0.2, -0.15) is 0 Å². The summed E-state index contributed by atoms with van der Waals surface area (Å²) in [5, 5.41) is 3.89. The summed E-state index contributed by atoms with van der Waals surface area (Å²) in [6.45, 7) is 7.29. The van der Waals surface area contributed by atoms with Crippen molar-refractivity contribution in [2.24, 2.45) is 18.4 Å². The minimum atomic E-state index is -0.00798. The SMILES string of the molecule is Cn1ccnc(N2CCC[C@H](N[C@@H]3[C@H]4CCO[C@H]4C3(C)C)C2)c1=O. The highest BCUT2D eigenvalue weighted by molar-refractivity contribution is 5.36. The molecule has 0 aromatic carbocycles. The van der Waals surface area contributed by atoms with E-state index in [9.17, 15) is 4.79 Å². The summed E-state index contributed by atoms with van der Waals surface area (Å²) >= 11 is 0. The molecule has 1 aromatic rings. The molecule has 132 valence electrons. The zero-order valence-electron chi connectivity index (χ0n) is 14.9. The molecule has 6 heteroatoms. The third kappa shape index (κ3) is 2.47. The molecule has 4 atom stereocenters. The number of ether oxygens (including phenoxy) is 1. The van der Waals surface area contributed by atoms with Gasteiger partial charge in [-0.1, -0.05) is 13.8 Å². The van der Waals surface area contributed by atoms with E-state index in [-0.39, 0.29) is 11.0 Å². The van der Waals surface area contributed by atoms with Gasteiger partial charge in [-0.3, -0.25) is 4.79 Å². The average Bonchev–Trinajstić information content (AvgIpc) is 3.03. The van der Waals surface area contributed by atoms with Crippen LogP contribution in [0.2, 0.25) is 0 Å². The first-order valence-corrected chi connectivity index (χ1v) is 9.12. The van der Waals surface area contributed by atoms with Gasteiger partial charge in [0, 0.05) is 62.6 Å². The second kappa shape index (κ2) is 5.85. The highest BCUT2D eigenvalue weighted by Crippen LogP contribution is 2.52. The van der Waals surface area contributed by atoms with E-state index in [1.165, 1.54) is 6.42 Å². The Kier molecular flexibility index (Phi) is 3.92. The third-order valence-electron chi connectivity index (χ3n) is 6.24. The molecule has 3 fully saturated rings. The fourth-order valence-electron chi connectivity index (χ4n) is 4.92. The zero-order chi connectivity index (χ0) is 16.9. The number of hydrogen-bond acceptors (Lipinski definition) is 5. The predicted molar refractivity (Wildman–Crippen MR) is 93.3 cm³/mol. The Balaban J connectivity index is 1.46. The summed E-state index contributed by atoms with van der Waals surface area (Å²) in [7, 11) is 1.78. The number of rotatable bonds is 3. The first-order valence-electron chi connectivity index (χ1n) is 9.12. The van der Waals surface area contributed by atoms with Crippen LogP contribution in [0.25, 0.3) is 0 Å². The summed E-state index contributed by atoms with van der Waals surface area (Å²) in [4.78, 5) is 18.8. The van der Waals surface area contributed by atoms with E-state index in [4.69, 9.17) is 4.74 Å². The molecule has 1 N–H and O–H groups in total. The summed E-state index contributed by atoms with van der Waals surface area (Å²) in [5.41, 5.74) is 0.191. The van der Waals surface area contributed by atoms with Crippen LogP contribution in [0.3, 0.4) is 0 Å². The summed E-state index contributed by atoms with van der Waals surface area (Å²) in [6, 6.07) is 0.929. The van der Waals surface area contributed by atoms with Crippen LogP contribution >= 0.6 is 0 Å². The maximum absolute atomic E-state index is 12.3. The van der Waals surface area contributed by atoms with Crippen LogP contribution in [0, 0.1) is 11.3 Å². The Morgan fingerprint density at radius 1 is 1.38 bits per heavy atom. The van der Waals surface area contributed by atoms with Crippen LogP contribution in [-0.4, -0.2) is 47.4 Å². The average molecular weight is 332 g/mol. The Bertz CT molecular complexity index is 671. The number of fused-ring (bicyclic) bond motifs is 1. The number of nitrogens with one attached hydrogen (secondary N) is 1. The van der Waals surface area contributed by atoms with Gasteiger partial charge in [-0.15, -0.1) is 0 Å². The molecular formula is C18H28N4O2. The molecular weight excluding hydrogens is 304 g/mol. The molecule has 1 saturated carbocycles. The van der Waals surface area contributed by atoms with Gasteiger partial charge >= 0.3 is 0 Å². The van der Waals surface area contributed by atoms with Crippen molar-refractivity contribution in [1.82, 2.24) is 14.9 Å². The fraction of sp³-hybridized carbons (Fsp3) is 0.778. The second-order valence-corrected chi connectivity index (χ2v) is 8.16. The van der Waals surface area contributed by atoms with Gasteiger partial charge in [0.15, 0.2) is 5.82 Å². The van der Waals surface area contributed by atoms with Crippen LogP contribution < -0.4 is 15.8 Å². The lowest BCUT2D eigenvalue weighted by atomic mass is 9.57. The number of aryl methyl sites for hydroxylation is 1. The molecule has 3 heterocycles. The van der Waals surface area contributed by atoms with Crippen molar-refractivity contribution in [2.45, 2.75) is 51.3 Å². The summed E-state index contributed by atoms with van der Waals surface area (Å²) < 4.78 is 7.51. The van der Waals surface area contributed by atoms with Crippen LogP contribution in [0.1, 0.15) is 33.1 Å². The third-order valence-corrected chi connectivity index (χ3v) is 6.24. The first-order chi connectivity index (χ1) is 11.5. The van der Waals surface area contributed by atoms with Gasteiger partial charge in [-0.25, -0.2) is 4.98 Å². The maximum atomic E-state index is 12.3. The number of hydrogen-bond donors (Lipinski definition) is 1. The van der Waals surface area contributed by atoms with Crippen LogP contribution in [0.15, 0.2) is 17.2 Å². The quantitative estimate of drug-likeness (QED) is 0.900. The molecule has 3 aliphatic rings. The van der Waals surface area contributed by atoms with E-state index in [1.807, 2.05) is 0 Å². The monoisotopic (exact) mass is 332 g/mol. The number of piperidine rings is 1. The normalized spacial score (nSPS) is 34.7. The molecule has 0 unspecified atom stereocenters. The molecule has 2 saturated heterocycles. The highest BCUT2D eigenvalue weighted by atomic mass is 16.5. The minimum Gasteiger partial charge on any atom is -0.377 e. The van der Waals surface area contributed by atoms with Crippen LogP contribution in [0.5, 0.6) is 0 Å². The second-order valence-electron chi connectivity index (χ2n) is 8.16. The van der Waals surface area contributed by atoms with E-state index in [0.717, 1.165) is 32.5 Å². The van der Waals surface area contributed by atoms with Gasteiger partial charge in [0.1, 0.15) is 0 Å². The lowest BCUT2D eigenvalue weighted by molar-refractivity contribution is -0.115. The molecule has 0 radical (unpaired) electrons. The minimum absolute atomic E-state index is 0.00798. The summed E-state index contributed by atoms with van der Waals surface area (Å²) in [5.74, 6) is 1.24. The molecule has 1 aromatic heterocycles. The largest absolute Gasteiger partial charge is 0.377 e. The van der Waals surface area contributed by atoms with E-state index in [1.54, 1.807) is 24.0 Å². The van der Waals surface area contributed by atoms with Gasteiger partial charge in [0.05, 0.1) is 6.10 Å². The molecule has 6 nitrogen and oxygen atoms in total. The fourth-order valence-corrected chi connectivity index (χ4v) is 4.92.